The second-order valence-electron chi connectivity index (χ2n) is 4.43. The van der Waals surface area contributed by atoms with E-state index in [4.69, 9.17) is 10.8 Å². The van der Waals surface area contributed by atoms with Crippen LogP contribution in [-0.2, 0) is 4.79 Å². The Morgan fingerprint density at radius 2 is 2.16 bits per heavy atom. The van der Waals surface area contributed by atoms with Crippen LogP contribution in [0.15, 0.2) is 24.8 Å². The molecule has 0 spiro atoms. The number of aliphatic hydroxyl groups excluding tert-OH is 1. The van der Waals surface area contributed by atoms with Gasteiger partial charge in [0.05, 0.1) is 6.10 Å². The van der Waals surface area contributed by atoms with E-state index in [2.05, 4.69) is 13.5 Å². The predicted molar refractivity (Wildman–Crippen MR) is 81.3 cm³/mol. The minimum absolute atomic E-state index is 0.139. The highest BCUT2D eigenvalue weighted by Crippen LogP contribution is 2.21. The van der Waals surface area contributed by atoms with Crippen molar-refractivity contribution in [2.24, 2.45) is 5.73 Å². The summed E-state index contributed by atoms with van der Waals surface area (Å²) in [6.45, 7) is 5.71. The zero-order valence-corrected chi connectivity index (χ0v) is 12.3. The monoisotopic (exact) mass is 287 g/mol. The number of carbonyl (C=O) groups is 1. The van der Waals surface area contributed by atoms with Crippen molar-refractivity contribution in [3.63, 3.8) is 0 Å². The maximum absolute atomic E-state index is 10.7. The van der Waals surface area contributed by atoms with Gasteiger partial charge in [0.25, 0.3) is 0 Å². The molecule has 5 heteroatoms. The molecule has 4 nitrogen and oxygen atoms in total. The fourth-order valence-corrected chi connectivity index (χ4v) is 2.67. The van der Waals surface area contributed by atoms with Crippen LogP contribution in [0.1, 0.15) is 32.6 Å². The number of carboxylic acids is 1. The first-order valence-corrected chi connectivity index (χ1v) is 7.65. The van der Waals surface area contributed by atoms with Crippen LogP contribution >= 0.6 is 11.8 Å². The van der Waals surface area contributed by atoms with E-state index in [-0.39, 0.29) is 11.0 Å². The molecule has 0 fully saturated rings. The van der Waals surface area contributed by atoms with Gasteiger partial charge in [-0.05, 0) is 6.42 Å². The summed E-state index contributed by atoms with van der Waals surface area (Å²) in [5.74, 6) is -0.730. The van der Waals surface area contributed by atoms with Gasteiger partial charge in [-0.3, -0.25) is 4.79 Å². The van der Waals surface area contributed by atoms with Crippen molar-refractivity contribution in [3.8, 4) is 0 Å². The Morgan fingerprint density at radius 3 is 2.68 bits per heavy atom. The maximum atomic E-state index is 10.7. The normalized spacial score (nSPS) is 16.2. The van der Waals surface area contributed by atoms with Crippen molar-refractivity contribution in [3.05, 3.63) is 24.8 Å². The minimum atomic E-state index is -1.01. The molecule has 0 aliphatic rings. The molecule has 0 heterocycles. The van der Waals surface area contributed by atoms with Crippen molar-refractivity contribution in [1.29, 1.82) is 0 Å². The molecular weight excluding hydrogens is 262 g/mol. The van der Waals surface area contributed by atoms with Crippen molar-refractivity contribution >= 4 is 17.7 Å². The summed E-state index contributed by atoms with van der Waals surface area (Å²) in [7, 11) is 0. The lowest BCUT2D eigenvalue weighted by molar-refractivity contribution is -0.137. The summed E-state index contributed by atoms with van der Waals surface area (Å²) < 4.78 is 0. The Bertz CT molecular complexity index is 294. The number of carboxylic acid groups (broad SMARTS) is 1. The molecule has 0 bridgehead atoms. The second kappa shape index (κ2) is 11.1. The molecule has 0 aliphatic heterocycles. The van der Waals surface area contributed by atoms with Crippen LogP contribution in [0.5, 0.6) is 0 Å². The Balaban J connectivity index is 4.32. The molecule has 0 rings (SSSR count). The van der Waals surface area contributed by atoms with Gasteiger partial charge in [-0.15, -0.1) is 11.8 Å². The van der Waals surface area contributed by atoms with E-state index < -0.39 is 18.1 Å². The molecule has 110 valence electrons. The Labute approximate surface area is 119 Å². The lowest BCUT2D eigenvalue weighted by atomic mass is 10.1. The van der Waals surface area contributed by atoms with Crippen LogP contribution in [0, 0.1) is 0 Å². The van der Waals surface area contributed by atoms with Crippen molar-refractivity contribution in [2.45, 2.75) is 50.0 Å². The third kappa shape index (κ3) is 8.86. The Morgan fingerprint density at radius 1 is 1.47 bits per heavy atom. The summed E-state index contributed by atoms with van der Waals surface area (Å²) in [4.78, 5) is 10.7. The average molecular weight is 287 g/mol. The summed E-state index contributed by atoms with van der Waals surface area (Å²) in [6, 6.07) is -0.896. The number of hydrogen-bond donors (Lipinski definition) is 3. The summed E-state index contributed by atoms with van der Waals surface area (Å²) in [5, 5.41) is 18.7. The van der Waals surface area contributed by atoms with Crippen LogP contribution in [0.2, 0.25) is 0 Å². The number of hydrogen-bond acceptors (Lipinski definition) is 4. The fourth-order valence-electron chi connectivity index (χ4n) is 1.54. The van der Waals surface area contributed by atoms with Gasteiger partial charge in [0, 0.05) is 11.0 Å². The third-order valence-electron chi connectivity index (χ3n) is 2.70. The highest BCUT2D eigenvalue weighted by Gasteiger charge is 2.20. The topological polar surface area (TPSA) is 83.6 Å². The SMILES string of the molecule is C=C/C=C/C(SCC(N)C(=O)O)[C@@H](O)CCCCC. The standard InChI is InChI=1S/C14H25NO3S/c1-3-5-7-8-12(16)13(9-6-4-2)19-10-11(15)14(17)18/h4,6,9,11-13,16H,2-3,5,7-8,10,15H2,1H3,(H,17,18)/b9-6+/t11?,12-,13?/m0/s1. The molecule has 3 atom stereocenters. The summed E-state index contributed by atoms with van der Waals surface area (Å²) in [5.41, 5.74) is 5.47. The lowest BCUT2D eigenvalue weighted by Gasteiger charge is -2.20. The highest BCUT2D eigenvalue weighted by atomic mass is 32.2. The fraction of sp³-hybridized carbons (Fsp3) is 0.643. The number of allylic oxidation sites excluding steroid dienone is 2. The lowest BCUT2D eigenvalue weighted by Crippen LogP contribution is -2.34. The van der Waals surface area contributed by atoms with Gasteiger partial charge < -0.3 is 15.9 Å². The van der Waals surface area contributed by atoms with E-state index in [1.54, 1.807) is 12.2 Å². The number of thioether (sulfide) groups is 1. The van der Waals surface area contributed by atoms with Gasteiger partial charge in [-0.1, -0.05) is 51.0 Å². The van der Waals surface area contributed by atoms with Crippen LogP contribution in [0.4, 0.5) is 0 Å². The molecule has 0 aromatic carbocycles. The Hall–Kier alpha value is -0.780. The number of unbranched alkanes of at least 4 members (excludes halogenated alkanes) is 2. The van der Waals surface area contributed by atoms with Crippen molar-refractivity contribution in [1.82, 2.24) is 0 Å². The first kappa shape index (κ1) is 18.2. The van der Waals surface area contributed by atoms with E-state index in [1.165, 1.54) is 11.8 Å². The third-order valence-corrected chi connectivity index (χ3v) is 4.11. The highest BCUT2D eigenvalue weighted by molar-refractivity contribution is 8.00. The molecule has 0 amide bonds. The second-order valence-corrected chi connectivity index (χ2v) is 5.64. The molecule has 0 aromatic rings. The van der Waals surface area contributed by atoms with E-state index in [9.17, 15) is 9.90 Å². The molecule has 2 unspecified atom stereocenters. The van der Waals surface area contributed by atoms with E-state index in [1.807, 2.05) is 6.08 Å². The minimum Gasteiger partial charge on any atom is -0.480 e. The van der Waals surface area contributed by atoms with Gasteiger partial charge >= 0.3 is 5.97 Å². The van der Waals surface area contributed by atoms with Crippen LogP contribution in [0.3, 0.4) is 0 Å². The van der Waals surface area contributed by atoms with Gasteiger partial charge in [-0.25, -0.2) is 0 Å². The summed E-state index contributed by atoms with van der Waals surface area (Å²) >= 11 is 1.37. The number of aliphatic hydroxyl groups is 1. The first-order chi connectivity index (χ1) is 9.02. The largest absolute Gasteiger partial charge is 0.480 e. The van der Waals surface area contributed by atoms with Crippen molar-refractivity contribution < 1.29 is 15.0 Å². The van der Waals surface area contributed by atoms with Gasteiger partial charge in [-0.2, -0.15) is 0 Å². The van der Waals surface area contributed by atoms with Gasteiger partial charge in [0.2, 0.25) is 0 Å². The average Bonchev–Trinajstić information content (AvgIpc) is 2.38. The molecule has 0 aliphatic carbocycles. The molecular formula is C14H25NO3S. The van der Waals surface area contributed by atoms with Crippen molar-refractivity contribution in [2.75, 3.05) is 5.75 Å². The maximum Gasteiger partial charge on any atom is 0.321 e. The van der Waals surface area contributed by atoms with E-state index >= 15 is 0 Å². The molecule has 0 saturated heterocycles. The zero-order valence-electron chi connectivity index (χ0n) is 11.5. The molecule has 0 aromatic heterocycles. The number of rotatable bonds is 11. The van der Waals surface area contributed by atoms with Gasteiger partial charge in [0.1, 0.15) is 6.04 Å². The Kier molecular flexibility index (Phi) is 10.6. The number of nitrogens with two attached hydrogens (primary N) is 1. The van der Waals surface area contributed by atoms with Crippen LogP contribution < -0.4 is 5.73 Å². The van der Waals surface area contributed by atoms with E-state index in [0.717, 1.165) is 25.7 Å². The number of aliphatic carboxylic acids is 1. The quantitative estimate of drug-likeness (QED) is 0.401. The molecule has 4 N–H and O–H groups in total. The predicted octanol–water partition coefficient (Wildman–Crippen LogP) is 2.18. The zero-order chi connectivity index (χ0) is 14.7. The van der Waals surface area contributed by atoms with E-state index in [0.29, 0.717) is 0 Å². The molecule has 0 radical (unpaired) electrons. The van der Waals surface area contributed by atoms with Crippen LogP contribution in [0.25, 0.3) is 0 Å². The summed E-state index contributed by atoms with van der Waals surface area (Å²) in [6.07, 6.45) is 8.68. The molecule has 0 saturated carbocycles. The van der Waals surface area contributed by atoms with Crippen LogP contribution in [-0.4, -0.2) is 39.3 Å². The smallest absolute Gasteiger partial charge is 0.321 e. The molecule has 19 heavy (non-hydrogen) atoms. The van der Waals surface area contributed by atoms with Gasteiger partial charge in [0.15, 0.2) is 0 Å². The first-order valence-electron chi connectivity index (χ1n) is 6.60.